The minimum atomic E-state index is -0.341. The predicted molar refractivity (Wildman–Crippen MR) is 82.2 cm³/mol. The van der Waals surface area contributed by atoms with E-state index in [0.717, 1.165) is 18.4 Å². The summed E-state index contributed by atoms with van der Waals surface area (Å²) in [5, 5.41) is 3.49. The number of rotatable bonds is 7. The molecule has 5 heteroatoms. The van der Waals surface area contributed by atoms with Gasteiger partial charge in [-0.15, -0.1) is 0 Å². The van der Waals surface area contributed by atoms with Gasteiger partial charge in [-0.2, -0.15) is 0 Å². The highest BCUT2D eigenvalue weighted by Gasteiger charge is 2.20. The summed E-state index contributed by atoms with van der Waals surface area (Å²) >= 11 is 5.93. The molecule has 0 bridgehead atoms. The zero-order valence-corrected chi connectivity index (χ0v) is 13.1. The number of benzene rings is 1. The Kier molecular flexibility index (Phi) is 6.30. The van der Waals surface area contributed by atoms with Crippen molar-refractivity contribution in [2.75, 3.05) is 13.2 Å². The van der Waals surface area contributed by atoms with Crippen LogP contribution in [0.2, 0.25) is 5.02 Å². The fourth-order valence-electron chi connectivity index (χ4n) is 1.68. The van der Waals surface area contributed by atoms with Crippen molar-refractivity contribution >= 4 is 17.5 Å². The van der Waals surface area contributed by atoms with Crippen molar-refractivity contribution in [1.82, 2.24) is 5.32 Å². The molecule has 1 amide bonds. The molecule has 1 rings (SSSR count). The molecule has 3 N–H and O–H groups in total. The second-order valence-electron chi connectivity index (χ2n) is 5.05. The third-order valence-electron chi connectivity index (χ3n) is 3.55. The SMILES string of the molecule is CCC(N)(CC)CNC(=O)COc1ccc(Cl)c(C)c1. The van der Waals surface area contributed by atoms with E-state index >= 15 is 0 Å². The molecular weight excluding hydrogens is 276 g/mol. The third kappa shape index (κ3) is 5.02. The minimum Gasteiger partial charge on any atom is -0.484 e. The summed E-state index contributed by atoms with van der Waals surface area (Å²) < 4.78 is 5.42. The molecule has 112 valence electrons. The summed E-state index contributed by atoms with van der Waals surface area (Å²) in [6.07, 6.45) is 1.64. The molecule has 4 nitrogen and oxygen atoms in total. The Labute approximate surface area is 125 Å². The summed E-state index contributed by atoms with van der Waals surface area (Å²) in [4.78, 5) is 11.7. The van der Waals surface area contributed by atoms with Crippen LogP contribution in [-0.4, -0.2) is 24.6 Å². The number of carbonyl (C=O) groups is 1. The highest BCUT2D eigenvalue weighted by atomic mass is 35.5. The largest absolute Gasteiger partial charge is 0.484 e. The van der Waals surface area contributed by atoms with Gasteiger partial charge < -0.3 is 15.8 Å². The molecule has 0 aliphatic heterocycles. The predicted octanol–water partition coefficient (Wildman–Crippen LogP) is 2.66. The molecule has 0 atom stereocenters. The average molecular weight is 299 g/mol. The second kappa shape index (κ2) is 7.50. The first-order valence-corrected chi connectivity index (χ1v) is 7.22. The van der Waals surface area contributed by atoms with Gasteiger partial charge in [0.1, 0.15) is 5.75 Å². The molecule has 0 saturated carbocycles. The van der Waals surface area contributed by atoms with Crippen molar-refractivity contribution in [3.63, 3.8) is 0 Å². The number of hydrogen-bond acceptors (Lipinski definition) is 3. The van der Waals surface area contributed by atoms with Crippen LogP contribution in [0.3, 0.4) is 0 Å². The fraction of sp³-hybridized carbons (Fsp3) is 0.533. The quantitative estimate of drug-likeness (QED) is 0.813. The Hall–Kier alpha value is -1.26. The number of hydrogen-bond donors (Lipinski definition) is 2. The van der Waals surface area contributed by atoms with E-state index in [1.807, 2.05) is 20.8 Å². The fourth-order valence-corrected chi connectivity index (χ4v) is 1.80. The number of nitrogens with two attached hydrogens (primary N) is 1. The molecule has 1 aromatic rings. The van der Waals surface area contributed by atoms with Crippen LogP contribution in [0, 0.1) is 6.92 Å². The van der Waals surface area contributed by atoms with Gasteiger partial charge in [0.25, 0.3) is 5.91 Å². The highest BCUT2D eigenvalue weighted by Crippen LogP contribution is 2.20. The van der Waals surface area contributed by atoms with Gasteiger partial charge in [-0.05, 0) is 43.5 Å². The van der Waals surface area contributed by atoms with Gasteiger partial charge in [-0.3, -0.25) is 4.79 Å². The van der Waals surface area contributed by atoms with Gasteiger partial charge in [-0.25, -0.2) is 0 Å². The maximum Gasteiger partial charge on any atom is 0.258 e. The molecule has 0 fully saturated rings. The molecule has 0 heterocycles. The van der Waals surface area contributed by atoms with Gasteiger partial charge in [0.2, 0.25) is 0 Å². The van der Waals surface area contributed by atoms with Gasteiger partial charge in [-0.1, -0.05) is 25.4 Å². The lowest BCUT2D eigenvalue weighted by atomic mass is 9.94. The van der Waals surface area contributed by atoms with Crippen LogP contribution in [0.25, 0.3) is 0 Å². The molecule has 0 radical (unpaired) electrons. The van der Waals surface area contributed by atoms with Crippen LogP contribution in [0.5, 0.6) is 5.75 Å². The van der Waals surface area contributed by atoms with Crippen molar-refractivity contribution in [1.29, 1.82) is 0 Å². The van der Waals surface area contributed by atoms with Crippen molar-refractivity contribution < 1.29 is 9.53 Å². The number of nitrogens with one attached hydrogen (secondary N) is 1. The van der Waals surface area contributed by atoms with Crippen LogP contribution < -0.4 is 15.8 Å². The Morgan fingerprint density at radius 1 is 1.40 bits per heavy atom. The first-order valence-electron chi connectivity index (χ1n) is 6.84. The summed E-state index contributed by atoms with van der Waals surface area (Å²) in [5.41, 5.74) is 6.70. The highest BCUT2D eigenvalue weighted by molar-refractivity contribution is 6.31. The zero-order chi connectivity index (χ0) is 15.2. The first kappa shape index (κ1) is 16.8. The standard InChI is InChI=1S/C15H23ClN2O2/c1-4-15(17,5-2)10-18-14(19)9-20-12-6-7-13(16)11(3)8-12/h6-8H,4-5,9-10,17H2,1-3H3,(H,18,19). The molecular formula is C15H23ClN2O2. The zero-order valence-electron chi connectivity index (χ0n) is 12.3. The van der Waals surface area contributed by atoms with E-state index in [4.69, 9.17) is 22.1 Å². The van der Waals surface area contributed by atoms with Crippen molar-refractivity contribution in [2.45, 2.75) is 39.2 Å². The molecule has 0 aliphatic carbocycles. The number of carbonyl (C=O) groups excluding carboxylic acids is 1. The Morgan fingerprint density at radius 2 is 2.05 bits per heavy atom. The summed E-state index contributed by atoms with van der Waals surface area (Å²) in [7, 11) is 0. The van der Waals surface area contributed by atoms with E-state index in [1.165, 1.54) is 0 Å². The lowest BCUT2D eigenvalue weighted by molar-refractivity contribution is -0.123. The Bertz CT molecular complexity index is 459. The maximum atomic E-state index is 11.7. The Morgan fingerprint density at radius 3 is 2.60 bits per heavy atom. The lowest BCUT2D eigenvalue weighted by Crippen LogP contribution is -2.50. The third-order valence-corrected chi connectivity index (χ3v) is 3.97. The van der Waals surface area contributed by atoms with E-state index < -0.39 is 0 Å². The molecule has 0 unspecified atom stereocenters. The van der Waals surface area contributed by atoms with E-state index in [9.17, 15) is 4.79 Å². The Balaban J connectivity index is 2.42. The van der Waals surface area contributed by atoms with Gasteiger partial charge in [0, 0.05) is 17.1 Å². The van der Waals surface area contributed by atoms with Crippen LogP contribution in [-0.2, 0) is 4.79 Å². The van der Waals surface area contributed by atoms with E-state index in [1.54, 1.807) is 18.2 Å². The normalized spacial score (nSPS) is 11.2. The number of halogens is 1. The van der Waals surface area contributed by atoms with Crippen LogP contribution in [0.1, 0.15) is 32.3 Å². The maximum absolute atomic E-state index is 11.7. The minimum absolute atomic E-state index is 0.0232. The molecule has 20 heavy (non-hydrogen) atoms. The van der Waals surface area contributed by atoms with E-state index in [-0.39, 0.29) is 18.1 Å². The summed E-state index contributed by atoms with van der Waals surface area (Å²) in [5.74, 6) is 0.460. The molecule has 0 spiro atoms. The lowest BCUT2D eigenvalue weighted by Gasteiger charge is -2.26. The van der Waals surface area contributed by atoms with E-state index in [2.05, 4.69) is 5.32 Å². The molecule has 0 aliphatic rings. The van der Waals surface area contributed by atoms with Crippen LogP contribution in [0.15, 0.2) is 18.2 Å². The molecule has 0 saturated heterocycles. The first-order chi connectivity index (χ1) is 9.40. The van der Waals surface area contributed by atoms with Gasteiger partial charge in [0.05, 0.1) is 0 Å². The monoisotopic (exact) mass is 298 g/mol. The van der Waals surface area contributed by atoms with Crippen LogP contribution in [0.4, 0.5) is 0 Å². The van der Waals surface area contributed by atoms with Gasteiger partial charge >= 0.3 is 0 Å². The number of aryl methyl sites for hydroxylation is 1. The summed E-state index contributed by atoms with van der Waals surface area (Å²) in [6.45, 7) is 6.36. The number of amides is 1. The average Bonchev–Trinajstić information content (AvgIpc) is 2.46. The molecule has 0 aromatic heterocycles. The van der Waals surface area contributed by atoms with E-state index in [0.29, 0.717) is 17.3 Å². The smallest absolute Gasteiger partial charge is 0.258 e. The van der Waals surface area contributed by atoms with Crippen molar-refractivity contribution in [3.8, 4) is 5.75 Å². The van der Waals surface area contributed by atoms with Crippen molar-refractivity contribution in [3.05, 3.63) is 28.8 Å². The summed E-state index contributed by atoms with van der Waals surface area (Å²) in [6, 6.07) is 5.30. The molecule has 1 aromatic carbocycles. The topological polar surface area (TPSA) is 64.3 Å². The van der Waals surface area contributed by atoms with Crippen LogP contribution >= 0.6 is 11.6 Å². The second-order valence-corrected chi connectivity index (χ2v) is 5.45. The van der Waals surface area contributed by atoms with Gasteiger partial charge in [0.15, 0.2) is 6.61 Å². The van der Waals surface area contributed by atoms with Crippen molar-refractivity contribution in [2.24, 2.45) is 5.73 Å². The number of ether oxygens (including phenoxy) is 1.